The zero-order chi connectivity index (χ0) is 12.0. The van der Waals surface area contributed by atoms with Crippen LogP contribution in [0, 0.1) is 23.6 Å². The molecule has 2 N–H and O–H groups in total. The molecule has 0 spiro atoms. The first-order valence-electron chi connectivity index (χ1n) is 6.32. The third-order valence-corrected chi connectivity index (χ3v) is 4.74. The average molecular weight is 298 g/mol. The van der Waals surface area contributed by atoms with Crippen LogP contribution in [-0.2, 0) is 6.42 Å². The molecule has 0 aliphatic heterocycles. The SMILES string of the molecule is NC(Cc1cc(F)cc(Br)c1)C1CC2CC2C1. The molecule has 0 aromatic heterocycles. The molecule has 1 nitrogen and oxygen atoms in total. The summed E-state index contributed by atoms with van der Waals surface area (Å²) in [6.45, 7) is 0. The first kappa shape index (κ1) is 11.7. The smallest absolute Gasteiger partial charge is 0.124 e. The molecule has 0 amide bonds. The van der Waals surface area contributed by atoms with Crippen LogP contribution in [0.5, 0.6) is 0 Å². The summed E-state index contributed by atoms with van der Waals surface area (Å²) in [6.07, 6.45) is 4.81. The fourth-order valence-electron chi connectivity index (χ4n) is 3.28. The summed E-state index contributed by atoms with van der Waals surface area (Å²) in [6, 6.07) is 5.25. The lowest BCUT2D eigenvalue weighted by Gasteiger charge is -2.20. The van der Waals surface area contributed by atoms with Crippen molar-refractivity contribution in [3.63, 3.8) is 0 Å². The fourth-order valence-corrected chi connectivity index (χ4v) is 3.79. The topological polar surface area (TPSA) is 26.0 Å². The van der Waals surface area contributed by atoms with Crippen molar-refractivity contribution in [1.29, 1.82) is 0 Å². The maximum atomic E-state index is 13.3. The molecule has 2 saturated carbocycles. The summed E-state index contributed by atoms with van der Waals surface area (Å²) >= 11 is 3.32. The van der Waals surface area contributed by atoms with Gasteiger partial charge < -0.3 is 5.73 Å². The predicted molar refractivity (Wildman–Crippen MR) is 70.1 cm³/mol. The van der Waals surface area contributed by atoms with Gasteiger partial charge in [-0.15, -0.1) is 0 Å². The Morgan fingerprint density at radius 1 is 1.24 bits per heavy atom. The number of nitrogens with two attached hydrogens (primary N) is 1. The number of benzene rings is 1. The highest BCUT2D eigenvalue weighted by atomic mass is 79.9. The van der Waals surface area contributed by atoms with Gasteiger partial charge in [-0.1, -0.05) is 15.9 Å². The highest BCUT2D eigenvalue weighted by Gasteiger charge is 2.47. The largest absolute Gasteiger partial charge is 0.327 e. The van der Waals surface area contributed by atoms with E-state index in [9.17, 15) is 4.39 Å². The van der Waals surface area contributed by atoms with Crippen molar-refractivity contribution in [3.05, 3.63) is 34.1 Å². The second kappa shape index (κ2) is 4.36. The van der Waals surface area contributed by atoms with Crippen molar-refractivity contribution in [3.8, 4) is 0 Å². The van der Waals surface area contributed by atoms with Crippen LogP contribution in [0.1, 0.15) is 24.8 Å². The van der Waals surface area contributed by atoms with E-state index in [1.54, 1.807) is 6.07 Å². The molecule has 3 atom stereocenters. The normalized spacial score (nSPS) is 32.3. The van der Waals surface area contributed by atoms with Crippen molar-refractivity contribution < 1.29 is 4.39 Å². The van der Waals surface area contributed by atoms with Crippen molar-refractivity contribution >= 4 is 15.9 Å². The van der Waals surface area contributed by atoms with E-state index in [0.29, 0.717) is 5.92 Å². The highest BCUT2D eigenvalue weighted by Crippen LogP contribution is 2.55. The summed E-state index contributed by atoms with van der Waals surface area (Å²) in [5.41, 5.74) is 7.26. The van der Waals surface area contributed by atoms with Gasteiger partial charge in [-0.2, -0.15) is 0 Å². The lowest BCUT2D eigenvalue weighted by molar-refractivity contribution is 0.392. The molecule has 1 aromatic carbocycles. The molecule has 3 heteroatoms. The number of fused-ring (bicyclic) bond motifs is 1. The molecule has 92 valence electrons. The van der Waals surface area contributed by atoms with Crippen LogP contribution in [0.25, 0.3) is 0 Å². The Balaban J connectivity index is 1.65. The van der Waals surface area contributed by atoms with E-state index in [-0.39, 0.29) is 11.9 Å². The first-order chi connectivity index (χ1) is 8.11. The van der Waals surface area contributed by atoms with E-state index in [2.05, 4.69) is 15.9 Å². The van der Waals surface area contributed by atoms with Gasteiger partial charge in [-0.05, 0) is 67.2 Å². The van der Waals surface area contributed by atoms with Crippen LogP contribution >= 0.6 is 15.9 Å². The Hall–Kier alpha value is -0.410. The van der Waals surface area contributed by atoms with Crippen molar-refractivity contribution in [1.82, 2.24) is 0 Å². The molecule has 1 aromatic rings. The lowest BCUT2D eigenvalue weighted by atomic mass is 9.90. The average Bonchev–Trinajstić information content (AvgIpc) is 2.84. The van der Waals surface area contributed by atoms with Crippen molar-refractivity contribution in [2.75, 3.05) is 0 Å². The third kappa shape index (κ3) is 2.55. The molecular weight excluding hydrogens is 281 g/mol. The molecule has 0 heterocycles. The van der Waals surface area contributed by atoms with Gasteiger partial charge in [-0.25, -0.2) is 4.39 Å². The number of rotatable bonds is 3. The molecule has 2 aliphatic carbocycles. The summed E-state index contributed by atoms with van der Waals surface area (Å²) in [4.78, 5) is 0. The van der Waals surface area contributed by atoms with Crippen LogP contribution in [0.4, 0.5) is 4.39 Å². The van der Waals surface area contributed by atoms with E-state index in [0.717, 1.165) is 28.3 Å². The van der Waals surface area contributed by atoms with E-state index in [4.69, 9.17) is 5.73 Å². The summed E-state index contributed by atoms with van der Waals surface area (Å²) in [5.74, 6) is 2.40. The Labute approximate surface area is 110 Å². The maximum Gasteiger partial charge on any atom is 0.124 e. The molecule has 0 bridgehead atoms. The standard InChI is InChI=1S/C14H17BrFN/c15-12-1-8(2-13(16)7-12)3-14(17)11-5-9-4-10(9)6-11/h1-2,7,9-11,14H,3-6,17H2. The van der Waals surface area contributed by atoms with E-state index < -0.39 is 0 Å². The number of hydrogen-bond donors (Lipinski definition) is 1. The molecule has 0 radical (unpaired) electrons. The minimum absolute atomic E-state index is 0.184. The predicted octanol–water partition coefficient (Wildman–Crippen LogP) is 3.50. The number of hydrogen-bond acceptors (Lipinski definition) is 1. The summed E-state index contributed by atoms with van der Waals surface area (Å²) < 4.78 is 14.1. The van der Waals surface area contributed by atoms with Crippen LogP contribution in [0.15, 0.2) is 22.7 Å². The molecule has 2 aliphatic rings. The number of halogens is 2. The van der Waals surface area contributed by atoms with Gasteiger partial charge in [0.05, 0.1) is 0 Å². The first-order valence-corrected chi connectivity index (χ1v) is 7.11. The second-order valence-electron chi connectivity index (χ2n) is 5.63. The zero-order valence-electron chi connectivity index (χ0n) is 9.70. The minimum atomic E-state index is -0.184. The molecule has 2 fully saturated rings. The Bertz CT molecular complexity index is 404. The monoisotopic (exact) mass is 297 g/mol. The van der Waals surface area contributed by atoms with E-state index in [1.807, 2.05) is 6.07 Å². The zero-order valence-corrected chi connectivity index (χ0v) is 11.3. The van der Waals surface area contributed by atoms with Crippen LogP contribution < -0.4 is 5.73 Å². The van der Waals surface area contributed by atoms with Crippen LogP contribution in [0.2, 0.25) is 0 Å². The van der Waals surface area contributed by atoms with Crippen LogP contribution in [0.3, 0.4) is 0 Å². The van der Waals surface area contributed by atoms with E-state index >= 15 is 0 Å². The van der Waals surface area contributed by atoms with Gasteiger partial charge in [-0.3, -0.25) is 0 Å². The van der Waals surface area contributed by atoms with Gasteiger partial charge in [0.2, 0.25) is 0 Å². The second-order valence-corrected chi connectivity index (χ2v) is 6.55. The van der Waals surface area contributed by atoms with Gasteiger partial charge in [0, 0.05) is 10.5 Å². The van der Waals surface area contributed by atoms with Gasteiger partial charge in [0.1, 0.15) is 5.82 Å². The lowest BCUT2D eigenvalue weighted by Crippen LogP contribution is -2.31. The Morgan fingerprint density at radius 3 is 2.59 bits per heavy atom. The summed E-state index contributed by atoms with van der Waals surface area (Å²) in [7, 11) is 0. The van der Waals surface area contributed by atoms with E-state index in [1.165, 1.54) is 25.3 Å². The van der Waals surface area contributed by atoms with Gasteiger partial charge >= 0.3 is 0 Å². The fraction of sp³-hybridized carbons (Fsp3) is 0.571. The van der Waals surface area contributed by atoms with Gasteiger partial charge in [0.25, 0.3) is 0 Å². The Kier molecular flexibility index (Phi) is 2.99. The molecule has 17 heavy (non-hydrogen) atoms. The van der Waals surface area contributed by atoms with Crippen molar-refractivity contribution in [2.45, 2.75) is 31.7 Å². The Morgan fingerprint density at radius 2 is 1.94 bits per heavy atom. The van der Waals surface area contributed by atoms with Gasteiger partial charge in [0.15, 0.2) is 0 Å². The minimum Gasteiger partial charge on any atom is -0.327 e. The molecular formula is C14H17BrFN. The quantitative estimate of drug-likeness (QED) is 0.908. The molecule has 3 unspecified atom stereocenters. The van der Waals surface area contributed by atoms with Crippen LogP contribution in [-0.4, -0.2) is 6.04 Å². The third-order valence-electron chi connectivity index (χ3n) is 4.28. The maximum absolute atomic E-state index is 13.3. The van der Waals surface area contributed by atoms with Crippen molar-refractivity contribution in [2.24, 2.45) is 23.5 Å². The molecule has 3 rings (SSSR count). The molecule has 0 saturated heterocycles. The highest BCUT2D eigenvalue weighted by molar-refractivity contribution is 9.10. The summed E-state index contributed by atoms with van der Waals surface area (Å²) in [5, 5.41) is 0.